The molecule has 0 bridgehead atoms. The third-order valence-electron chi connectivity index (χ3n) is 6.81. The lowest BCUT2D eigenvalue weighted by atomic mass is 9.74. The van der Waals surface area contributed by atoms with E-state index < -0.39 is 0 Å². The minimum Gasteiger partial charge on any atom is -0.481 e. The number of H-pyrrole nitrogens is 1. The zero-order chi connectivity index (χ0) is 21.2. The Balaban J connectivity index is 1.43. The van der Waals surface area contributed by atoms with Crippen molar-refractivity contribution in [2.24, 2.45) is 5.92 Å². The van der Waals surface area contributed by atoms with Crippen LogP contribution in [0.25, 0.3) is 11.0 Å². The molecule has 0 amide bonds. The molecule has 1 N–H and O–H groups in total. The summed E-state index contributed by atoms with van der Waals surface area (Å²) in [7, 11) is 1.63. The zero-order valence-electron chi connectivity index (χ0n) is 17.9. The molecule has 2 unspecified atom stereocenters. The molecule has 0 aromatic carbocycles. The Morgan fingerprint density at radius 2 is 2.00 bits per heavy atom. The van der Waals surface area contributed by atoms with Crippen LogP contribution >= 0.6 is 0 Å². The molecule has 164 valence electrons. The van der Waals surface area contributed by atoms with Crippen molar-refractivity contribution in [3.8, 4) is 5.88 Å². The average Bonchev–Trinajstić information content (AvgIpc) is 3.25. The molecule has 2 atom stereocenters. The normalized spacial score (nSPS) is 22.6. The van der Waals surface area contributed by atoms with Gasteiger partial charge in [-0.1, -0.05) is 18.9 Å². The van der Waals surface area contributed by atoms with Gasteiger partial charge in [-0.25, -0.2) is 14.6 Å². The second-order valence-electron chi connectivity index (χ2n) is 8.67. The molecule has 1 aliphatic carbocycles. The highest BCUT2D eigenvalue weighted by Gasteiger charge is 2.28. The van der Waals surface area contributed by atoms with Crippen LogP contribution in [-0.4, -0.2) is 45.1 Å². The Morgan fingerprint density at radius 3 is 2.77 bits per heavy atom. The first-order valence-corrected chi connectivity index (χ1v) is 11.3. The highest BCUT2D eigenvalue weighted by atomic mass is 16.5. The van der Waals surface area contributed by atoms with Crippen molar-refractivity contribution in [1.29, 1.82) is 0 Å². The Hall–Kier alpha value is -2.74. The smallest absolute Gasteiger partial charge is 0.262 e. The summed E-state index contributed by atoms with van der Waals surface area (Å²) in [5.41, 5.74) is 1.84. The molecule has 31 heavy (non-hydrogen) atoms. The number of pyridine rings is 1. The summed E-state index contributed by atoms with van der Waals surface area (Å²) in [5, 5.41) is 5.07. The van der Waals surface area contributed by atoms with Gasteiger partial charge in [-0.05, 0) is 43.1 Å². The number of hydrogen-bond acceptors (Lipinski definition) is 6. The van der Waals surface area contributed by atoms with Crippen LogP contribution < -0.4 is 10.3 Å². The third kappa shape index (κ3) is 4.08. The van der Waals surface area contributed by atoms with E-state index in [1.54, 1.807) is 13.3 Å². The molecule has 3 aromatic heterocycles. The van der Waals surface area contributed by atoms with E-state index >= 15 is 0 Å². The van der Waals surface area contributed by atoms with Crippen molar-refractivity contribution in [3.05, 3.63) is 46.3 Å². The SMILES string of the molecule is COc1ccc(C2CCCCC2Cc2nc3c(cnn3C3CCOCC3)c(=O)[nH]2)cn1. The summed E-state index contributed by atoms with van der Waals surface area (Å²) < 4.78 is 12.6. The van der Waals surface area contributed by atoms with Gasteiger partial charge in [-0.3, -0.25) is 4.79 Å². The van der Waals surface area contributed by atoms with Gasteiger partial charge < -0.3 is 14.5 Å². The van der Waals surface area contributed by atoms with Gasteiger partial charge in [0, 0.05) is 31.9 Å². The van der Waals surface area contributed by atoms with Gasteiger partial charge >= 0.3 is 0 Å². The van der Waals surface area contributed by atoms with Crippen LogP contribution in [0.15, 0.2) is 29.3 Å². The molecule has 5 rings (SSSR count). The maximum absolute atomic E-state index is 12.8. The van der Waals surface area contributed by atoms with Gasteiger partial charge in [0.1, 0.15) is 11.2 Å². The Labute approximate surface area is 181 Å². The first-order chi connectivity index (χ1) is 15.2. The molecule has 2 aliphatic rings. The number of aromatic nitrogens is 5. The zero-order valence-corrected chi connectivity index (χ0v) is 17.9. The number of nitrogens with one attached hydrogen (secondary N) is 1. The minimum atomic E-state index is -0.100. The minimum absolute atomic E-state index is 0.100. The lowest BCUT2D eigenvalue weighted by Crippen LogP contribution is -2.24. The molecule has 8 heteroatoms. The van der Waals surface area contributed by atoms with Crippen molar-refractivity contribution in [1.82, 2.24) is 24.7 Å². The Morgan fingerprint density at radius 1 is 1.16 bits per heavy atom. The summed E-state index contributed by atoms with van der Waals surface area (Å²) in [6.07, 6.45) is 10.8. The third-order valence-corrected chi connectivity index (χ3v) is 6.81. The van der Waals surface area contributed by atoms with Crippen LogP contribution in [0, 0.1) is 5.92 Å². The predicted octanol–water partition coefficient (Wildman–Crippen LogP) is 3.39. The summed E-state index contributed by atoms with van der Waals surface area (Å²) in [5.74, 6) is 2.22. The molecule has 2 fully saturated rings. The summed E-state index contributed by atoms with van der Waals surface area (Å²) in [6.45, 7) is 1.45. The van der Waals surface area contributed by atoms with Crippen molar-refractivity contribution < 1.29 is 9.47 Å². The van der Waals surface area contributed by atoms with Crippen molar-refractivity contribution in [3.63, 3.8) is 0 Å². The standard InChI is InChI=1S/C23H29N5O3/c1-30-21-7-6-16(13-24-21)18-5-3-2-4-15(18)12-20-26-22-19(23(29)27-20)14-25-28(22)17-8-10-31-11-9-17/h6-7,13-15,17-18H,2-5,8-12H2,1H3,(H,26,27,29). The fourth-order valence-electron chi connectivity index (χ4n) is 5.15. The Kier molecular flexibility index (Phi) is 5.72. The first-order valence-electron chi connectivity index (χ1n) is 11.3. The molecular formula is C23H29N5O3. The molecule has 3 aromatic rings. The molecule has 1 saturated carbocycles. The van der Waals surface area contributed by atoms with Crippen LogP contribution in [0.1, 0.15) is 61.9 Å². The van der Waals surface area contributed by atoms with Gasteiger partial charge in [0.2, 0.25) is 5.88 Å². The number of aromatic amines is 1. The summed E-state index contributed by atoms with van der Waals surface area (Å²) >= 11 is 0. The van der Waals surface area contributed by atoms with E-state index in [-0.39, 0.29) is 11.6 Å². The average molecular weight is 424 g/mol. The lowest BCUT2D eigenvalue weighted by molar-refractivity contribution is 0.0673. The number of rotatable bonds is 5. The van der Waals surface area contributed by atoms with E-state index in [1.165, 1.54) is 18.4 Å². The van der Waals surface area contributed by atoms with E-state index in [4.69, 9.17) is 14.5 Å². The van der Waals surface area contributed by atoms with Crippen LogP contribution in [0.4, 0.5) is 0 Å². The van der Waals surface area contributed by atoms with Crippen LogP contribution in [0.2, 0.25) is 0 Å². The van der Waals surface area contributed by atoms with Crippen molar-refractivity contribution in [2.45, 2.75) is 56.9 Å². The molecule has 4 heterocycles. The number of ether oxygens (including phenoxy) is 2. The van der Waals surface area contributed by atoms with Gasteiger partial charge in [0.05, 0.1) is 19.3 Å². The molecule has 0 spiro atoms. The topological polar surface area (TPSA) is 94.9 Å². The highest BCUT2D eigenvalue weighted by Crippen LogP contribution is 2.39. The second-order valence-corrected chi connectivity index (χ2v) is 8.67. The van der Waals surface area contributed by atoms with Gasteiger partial charge in [0.15, 0.2) is 5.65 Å². The van der Waals surface area contributed by atoms with Crippen LogP contribution in [0.3, 0.4) is 0 Å². The van der Waals surface area contributed by atoms with Gasteiger partial charge in [-0.15, -0.1) is 0 Å². The van der Waals surface area contributed by atoms with Crippen LogP contribution in [-0.2, 0) is 11.2 Å². The van der Waals surface area contributed by atoms with Crippen molar-refractivity contribution in [2.75, 3.05) is 20.3 Å². The molecule has 1 saturated heterocycles. The second kappa shape index (κ2) is 8.78. The number of nitrogens with zero attached hydrogens (tertiary/aromatic N) is 4. The quantitative estimate of drug-likeness (QED) is 0.676. The van der Waals surface area contributed by atoms with Crippen LogP contribution in [0.5, 0.6) is 5.88 Å². The maximum Gasteiger partial charge on any atom is 0.262 e. The van der Waals surface area contributed by atoms with Gasteiger partial charge in [0.25, 0.3) is 5.56 Å². The number of hydrogen-bond donors (Lipinski definition) is 1. The highest BCUT2D eigenvalue weighted by molar-refractivity contribution is 5.73. The monoisotopic (exact) mass is 423 g/mol. The van der Waals surface area contributed by atoms with Crippen molar-refractivity contribution >= 4 is 11.0 Å². The molecular weight excluding hydrogens is 394 g/mol. The van der Waals surface area contributed by atoms with E-state index in [2.05, 4.69) is 21.1 Å². The molecule has 8 nitrogen and oxygen atoms in total. The Bertz CT molecular complexity index is 1080. The van der Waals surface area contributed by atoms with E-state index in [1.807, 2.05) is 16.9 Å². The van der Waals surface area contributed by atoms with E-state index in [0.29, 0.717) is 28.7 Å². The van der Waals surface area contributed by atoms with E-state index in [0.717, 1.165) is 51.1 Å². The molecule has 0 radical (unpaired) electrons. The maximum atomic E-state index is 12.8. The number of fused-ring (bicyclic) bond motifs is 1. The summed E-state index contributed by atoms with van der Waals surface area (Å²) in [6, 6.07) is 4.29. The molecule has 1 aliphatic heterocycles. The summed E-state index contributed by atoms with van der Waals surface area (Å²) in [4.78, 5) is 25.1. The fourth-order valence-corrected chi connectivity index (χ4v) is 5.15. The first kappa shape index (κ1) is 20.2. The lowest BCUT2D eigenvalue weighted by Gasteiger charge is -2.31. The van der Waals surface area contributed by atoms with Gasteiger partial charge in [-0.2, -0.15) is 5.10 Å². The largest absolute Gasteiger partial charge is 0.481 e. The fraction of sp³-hybridized carbons (Fsp3) is 0.565. The number of methoxy groups -OCH3 is 1. The van der Waals surface area contributed by atoms with E-state index in [9.17, 15) is 4.79 Å². The predicted molar refractivity (Wildman–Crippen MR) is 116 cm³/mol.